The van der Waals surface area contributed by atoms with E-state index < -0.39 is 18.4 Å². The van der Waals surface area contributed by atoms with E-state index in [1.54, 1.807) is 6.07 Å². The molecule has 4 aromatic rings. The topological polar surface area (TPSA) is 172 Å². The molecule has 2 heterocycles. The molecule has 4 atom stereocenters. The zero-order valence-corrected chi connectivity index (χ0v) is 28.6. The lowest BCUT2D eigenvalue weighted by Gasteiger charge is -2.29. The third-order valence-corrected chi connectivity index (χ3v) is 8.37. The molecule has 0 aliphatic carbocycles. The molecule has 14 heteroatoms. The number of halogens is 2. The standard InChI is InChI=1S/C33H44Cl2N8O4/c1-33(2,3)22-7-9-25(10-8-22)42-32(46)38-11-5-6-20(16-37-17-21-12-23(34)15-24(35)13-21)14-26(44)28(45)31(47-4)43-19-41-27-29(36)39-18-40-30(27)43/h7-10,12-13,15,18-20,26,28,31,37,44-45H,5-6,11,14,16-17H2,1-4H3,(H2,36,39,40)(H2,38,42,46)/t20-,26?,28?,31+/m0/s1. The Labute approximate surface area is 285 Å². The molecule has 2 unspecified atom stereocenters. The first-order chi connectivity index (χ1) is 22.3. The molecule has 2 aromatic carbocycles. The number of nitrogens with two attached hydrogens (primary N) is 1. The predicted octanol–water partition coefficient (Wildman–Crippen LogP) is 5.28. The Balaban J connectivity index is 1.36. The number of hydrogen-bond donors (Lipinski definition) is 6. The number of urea groups is 1. The van der Waals surface area contributed by atoms with E-state index in [0.717, 1.165) is 5.56 Å². The number of nitrogen functional groups attached to an aromatic ring is 1. The minimum absolute atomic E-state index is 0.0266. The molecule has 0 bridgehead atoms. The second-order valence-electron chi connectivity index (χ2n) is 12.6. The highest BCUT2D eigenvalue weighted by Gasteiger charge is 2.31. The number of imidazole rings is 1. The largest absolute Gasteiger partial charge is 0.390 e. The Bertz CT molecular complexity index is 1590. The molecule has 0 fully saturated rings. The van der Waals surface area contributed by atoms with E-state index in [-0.39, 0.29) is 29.6 Å². The van der Waals surface area contributed by atoms with Gasteiger partial charge in [-0.05, 0) is 78.6 Å². The van der Waals surface area contributed by atoms with Crippen molar-refractivity contribution >= 4 is 51.9 Å². The first kappa shape index (κ1) is 36.3. The van der Waals surface area contributed by atoms with Crippen LogP contribution >= 0.6 is 23.2 Å². The smallest absolute Gasteiger partial charge is 0.319 e. The molecule has 12 nitrogen and oxygen atoms in total. The number of fused-ring (bicyclic) bond motifs is 1. The van der Waals surface area contributed by atoms with Crippen molar-refractivity contribution in [3.05, 3.63) is 76.3 Å². The number of rotatable bonds is 15. The van der Waals surface area contributed by atoms with Crippen molar-refractivity contribution in [3.63, 3.8) is 0 Å². The van der Waals surface area contributed by atoms with Crippen LogP contribution in [0.5, 0.6) is 0 Å². The number of nitrogens with zero attached hydrogens (tertiary/aromatic N) is 4. The van der Waals surface area contributed by atoms with Gasteiger partial charge in [0.05, 0.1) is 12.4 Å². The van der Waals surface area contributed by atoms with Gasteiger partial charge in [-0.3, -0.25) is 4.57 Å². The van der Waals surface area contributed by atoms with E-state index in [4.69, 9.17) is 33.7 Å². The lowest BCUT2D eigenvalue weighted by molar-refractivity contribution is -0.112. The molecule has 2 aromatic heterocycles. The molecule has 0 aliphatic heterocycles. The number of amides is 2. The fraction of sp³-hybridized carbons (Fsp3) is 0.455. The summed E-state index contributed by atoms with van der Waals surface area (Å²) in [6, 6.07) is 12.9. The van der Waals surface area contributed by atoms with E-state index >= 15 is 0 Å². The summed E-state index contributed by atoms with van der Waals surface area (Å²) in [4.78, 5) is 25.0. The van der Waals surface area contributed by atoms with Crippen molar-refractivity contribution in [2.24, 2.45) is 5.92 Å². The number of anilines is 2. The maximum absolute atomic E-state index is 12.6. The van der Waals surface area contributed by atoms with Gasteiger partial charge in [-0.1, -0.05) is 56.1 Å². The monoisotopic (exact) mass is 686 g/mol. The van der Waals surface area contributed by atoms with Gasteiger partial charge in [-0.15, -0.1) is 0 Å². The minimum Gasteiger partial charge on any atom is -0.390 e. The number of aliphatic hydroxyl groups is 2. The summed E-state index contributed by atoms with van der Waals surface area (Å²) in [6.07, 6.45) is 0.859. The van der Waals surface area contributed by atoms with Crippen LogP contribution in [0.25, 0.3) is 11.2 Å². The molecule has 2 amide bonds. The van der Waals surface area contributed by atoms with Crippen molar-refractivity contribution in [2.75, 3.05) is 31.2 Å². The fourth-order valence-corrected chi connectivity index (χ4v) is 5.97. The highest BCUT2D eigenvalue weighted by molar-refractivity contribution is 6.34. The number of aromatic nitrogens is 4. The Kier molecular flexibility index (Phi) is 12.8. The SMILES string of the molecule is CO[C@H](C(O)C(O)C[C@H](CCCNC(=O)Nc1ccc(C(C)(C)C)cc1)CNCc1cc(Cl)cc(Cl)c1)n1cnc2c(N)ncnc21. The summed E-state index contributed by atoms with van der Waals surface area (Å²) in [6.45, 7) is 7.87. The first-order valence-electron chi connectivity index (χ1n) is 15.5. The van der Waals surface area contributed by atoms with Crippen LogP contribution in [0.4, 0.5) is 16.3 Å². The number of ether oxygens (including phenoxy) is 1. The van der Waals surface area contributed by atoms with Gasteiger partial charge in [0, 0.05) is 35.9 Å². The first-order valence-corrected chi connectivity index (χ1v) is 16.2. The Hall–Kier alpha value is -3.52. The van der Waals surface area contributed by atoms with Gasteiger partial charge in [0.1, 0.15) is 17.9 Å². The molecule has 4 rings (SSSR count). The number of methoxy groups -OCH3 is 1. The molecule has 7 N–H and O–H groups in total. The maximum atomic E-state index is 12.6. The molecule has 254 valence electrons. The average molecular weight is 688 g/mol. The number of carbonyl (C=O) groups excluding carboxylic acids is 1. The minimum atomic E-state index is -1.31. The summed E-state index contributed by atoms with van der Waals surface area (Å²) >= 11 is 12.3. The summed E-state index contributed by atoms with van der Waals surface area (Å²) in [7, 11) is 1.43. The maximum Gasteiger partial charge on any atom is 0.319 e. The predicted molar refractivity (Wildman–Crippen MR) is 185 cm³/mol. The van der Waals surface area contributed by atoms with Crippen molar-refractivity contribution in [3.8, 4) is 0 Å². The lowest BCUT2D eigenvalue weighted by Crippen LogP contribution is -2.39. The van der Waals surface area contributed by atoms with Crippen molar-refractivity contribution in [1.29, 1.82) is 0 Å². The summed E-state index contributed by atoms with van der Waals surface area (Å²) in [5.74, 6) is 0.130. The van der Waals surface area contributed by atoms with E-state index in [1.165, 1.54) is 29.9 Å². The summed E-state index contributed by atoms with van der Waals surface area (Å²) in [5, 5.41) is 32.7. The van der Waals surface area contributed by atoms with Crippen LogP contribution in [0.15, 0.2) is 55.1 Å². The van der Waals surface area contributed by atoms with Crippen molar-refractivity contribution < 1.29 is 19.7 Å². The molecular weight excluding hydrogens is 643 g/mol. The van der Waals surface area contributed by atoms with Gasteiger partial charge in [0.2, 0.25) is 0 Å². The third-order valence-electron chi connectivity index (χ3n) is 7.93. The van der Waals surface area contributed by atoms with Gasteiger partial charge in [-0.25, -0.2) is 19.7 Å². The quantitative estimate of drug-likeness (QED) is 0.0910. The van der Waals surface area contributed by atoms with Gasteiger partial charge in [0.25, 0.3) is 0 Å². The molecular formula is C33H44Cl2N8O4. The Morgan fingerprint density at radius 3 is 2.43 bits per heavy atom. The van der Waals surface area contributed by atoms with E-state index in [0.29, 0.717) is 59.4 Å². The number of aliphatic hydroxyl groups excluding tert-OH is 2. The van der Waals surface area contributed by atoms with Crippen molar-refractivity contribution in [1.82, 2.24) is 30.2 Å². The van der Waals surface area contributed by atoms with Crippen LogP contribution in [0.3, 0.4) is 0 Å². The molecule has 0 spiro atoms. The fourth-order valence-electron chi connectivity index (χ4n) is 5.40. The van der Waals surface area contributed by atoms with E-state index in [1.807, 2.05) is 36.4 Å². The lowest BCUT2D eigenvalue weighted by atomic mass is 9.87. The van der Waals surface area contributed by atoms with Gasteiger partial charge < -0.3 is 36.6 Å². The number of nitrogens with one attached hydrogen (secondary N) is 3. The highest BCUT2D eigenvalue weighted by atomic mass is 35.5. The molecule has 47 heavy (non-hydrogen) atoms. The van der Waals surface area contributed by atoms with Crippen LogP contribution in [0.1, 0.15) is 57.4 Å². The highest BCUT2D eigenvalue weighted by Crippen LogP contribution is 2.27. The van der Waals surface area contributed by atoms with Crippen LogP contribution in [-0.4, -0.2) is 68.2 Å². The summed E-state index contributed by atoms with van der Waals surface area (Å²) < 4.78 is 7.11. The number of hydrogen-bond acceptors (Lipinski definition) is 9. The van der Waals surface area contributed by atoms with E-state index in [2.05, 4.69) is 51.7 Å². The van der Waals surface area contributed by atoms with Gasteiger partial charge in [-0.2, -0.15) is 0 Å². The van der Waals surface area contributed by atoms with Crippen LogP contribution in [-0.2, 0) is 16.7 Å². The summed E-state index contributed by atoms with van der Waals surface area (Å²) in [5.41, 5.74) is 9.51. The van der Waals surface area contributed by atoms with Crippen LogP contribution in [0, 0.1) is 5.92 Å². The molecule has 0 saturated carbocycles. The zero-order chi connectivity index (χ0) is 34.1. The second-order valence-corrected chi connectivity index (χ2v) is 13.5. The molecule has 0 aliphatic rings. The van der Waals surface area contributed by atoms with Crippen molar-refractivity contribution in [2.45, 2.75) is 70.4 Å². The number of benzene rings is 2. The van der Waals surface area contributed by atoms with Crippen LogP contribution in [0.2, 0.25) is 10.0 Å². The number of carbonyl (C=O) groups is 1. The Morgan fingerprint density at radius 2 is 1.77 bits per heavy atom. The van der Waals surface area contributed by atoms with Gasteiger partial charge in [0.15, 0.2) is 17.7 Å². The van der Waals surface area contributed by atoms with Crippen LogP contribution < -0.4 is 21.7 Å². The third kappa shape index (κ3) is 10.2. The second kappa shape index (κ2) is 16.5. The molecule has 0 radical (unpaired) electrons. The Morgan fingerprint density at radius 1 is 1.06 bits per heavy atom. The molecule has 0 saturated heterocycles. The van der Waals surface area contributed by atoms with E-state index in [9.17, 15) is 15.0 Å². The normalized spacial score (nSPS) is 14.5. The zero-order valence-electron chi connectivity index (χ0n) is 27.1. The average Bonchev–Trinajstić information content (AvgIpc) is 3.44. The van der Waals surface area contributed by atoms with Gasteiger partial charge >= 0.3 is 6.03 Å².